The normalized spacial score (nSPS) is 10.7. The van der Waals surface area contributed by atoms with Crippen LogP contribution in [0.25, 0.3) is 21.3 Å². The fourth-order valence-electron chi connectivity index (χ4n) is 2.33. The summed E-state index contributed by atoms with van der Waals surface area (Å²) in [5, 5.41) is 7.46. The summed E-state index contributed by atoms with van der Waals surface area (Å²) in [5.74, 6) is -0.484. The quantitative estimate of drug-likeness (QED) is 0.460. The van der Waals surface area contributed by atoms with Gasteiger partial charge in [0.2, 0.25) is 5.91 Å². The highest BCUT2D eigenvalue weighted by Crippen LogP contribution is 2.31. The van der Waals surface area contributed by atoms with Gasteiger partial charge >= 0.3 is 6.03 Å². The summed E-state index contributed by atoms with van der Waals surface area (Å²) in [7, 11) is 0. The van der Waals surface area contributed by atoms with Gasteiger partial charge in [-0.2, -0.15) is 0 Å². The van der Waals surface area contributed by atoms with E-state index in [0.29, 0.717) is 21.9 Å². The van der Waals surface area contributed by atoms with E-state index in [1.54, 1.807) is 6.92 Å². The van der Waals surface area contributed by atoms with Crippen molar-refractivity contribution in [3.8, 4) is 11.1 Å². The van der Waals surface area contributed by atoms with E-state index in [0.717, 1.165) is 22.9 Å². The molecule has 2 aromatic heterocycles. The standard InChI is InChI=1S/C17H16N4O3S2/c1-2-18-16(24)19-12(22)9-26-17-20-14(23)13-11(8-25-15(13)21-17)10-6-4-3-5-7-10/h3-8H,2,9H2,1H3,(H,20,21,23)(H2,18,19,22,24). The first-order chi connectivity index (χ1) is 12.6. The third kappa shape index (κ3) is 4.12. The molecule has 9 heteroatoms. The Kier molecular flexibility index (Phi) is 5.69. The van der Waals surface area contributed by atoms with Crippen molar-refractivity contribution in [3.63, 3.8) is 0 Å². The number of aromatic nitrogens is 2. The lowest BCUT2D eigenvalue weighted by Gasteiger charge is -2.04. The Labute approximate surface area is 157 Å². The van der Waals surface area contributed by atoms with Crippen molar-refractivity contribution in [3.05, 3.63) is 46.1 Å². The molecule has 0 aliphatic carbocycles. The fraction of sp³-hybridized carbons (Fsp3) is 0.176. The maximum atomic E-state index is 12.5. The zero-order valence-electron chi connectivity index (χ0n) is 13.9. The molecule has 3 amide bonds. The first-order valence-electron chi connectivity index (χ1n) is 7.86. The number of amides is 3. The molecule has 3 rings (SSSR count). The zero-order chi connectivity index (χ0) is 18.5. The Morgan fingerprint density at radius 2 is 2.04 bits per heavy atom. The van der Waals surface area contributed by atoms with E-state index < -0.39 is 11.9 Å². The molecular formula is C17H16N4O3S2. The lowest BCUT2D eigenvalue weighted by atomic mass is 10.1. The number of nitrogens with zero attached hydrogens (tertiary/aromatic N) is 1. The van der Waals surface area contributed by atoms with Gasteiger partial charge in [0.1, 0.15) is 4.83 Å². The minimum absolute atomic E-state index is 0.0253. The summed E-state index contributed by atoms with van der Waals surface area (Å²) in [5.41, 5.74) is 1.54. The van der Waals surface area contributed by atoms with Crippen LogP contribution in [0.4, 0.5) is 4.79 Å². The van der Waals surface area contributed by atoms with E-state index >= 15 is 0 Å². The van der Waals surface area contributed by atoms with Crippen LogP contribution in [-0.2, 0) is 4.79 Å². The summed E-state index contributed by atoms with van der Waals surface area (Å²) in [6.45, 7) is 2.19. The van der Waals surface area contributed by atoms with Gasteiger partial charge < -0.3 is 10.3 Å². The van der Waals surface area contributed by atoms with Gasteiger partial charge in [0.05, 0.1) is 11.1 Å². The number of carbonyl (C=O) groups excluding carboxylic acids is 2. The smallest absolute Gasteiger partial charge is 0.321 e. The highest BCUT2D eigenvalue weighted by Gasteiger charge is 2.14. The number of imide groups is 1. The molecule has 2 heterocycles. The molecule has 0 atom stereocenters. The number of urea groups is 1. The second-order valence-corrected chi connectivity index (χ2v) is 7.09. The van der Waals surface area contributed by atoms with Crippen LogP contribution in [0.5, 0.6) is 0 Å². The Hall–Kier alpha value is -2.65. The number of H-pyrrole nitrogens is 1. The molecule has 0 bridgehead atoms. The molecule has 3 N–H and O–H groups in total. The average Bonchev–Trinajstić information content (AvgIpc) is 3.05. The summed E-state index contributed by atoms with van der Waals surface area (Å²) < 4.78 is 0. The van der Waals surface area contributed by atoms with Gasteiger partial charge in [-0.15, -0.1) is 11.3 Å². The number of rotatable bonds is 5. The van der Waals surface area contributed by atoms with Crippen LogP contribution >= 0.6 is 23.1 Å². The van der Waals surface area contributed by atoms with Gasteiger partial charge in [0, 0.05) is 17.5 Å². The molecule has 0 aliphatic heterocycles. The Balaban J connectivity index is 1.77. The zero-order valence-corrected chi connectivity index (χ0v) is 15.5. The van der Waals surface area contributed by atoms with Crippen molar-refractivity contribution < 1.29 is 9.59 Å². The summed E-state index contributed by atoms with van der Waals surface area (Å²) in [4.78, 5) is 43.3. The maximum absolute atomic E-state index is 12.5. The topological polar surface area (TPSA) is 104 Å². The molecule has 0 saturated carbocycles. The number of benzene rings is 1. The predicted molar refractivity (Wildman–Crippen MR) is 104 cm³/mol. The summed E-state index contributed by atoms with van der Waals surface area (Å²) in [6.07, 6.45) is 0. The highest BCUT2D eigenvalue weighted by molar-refractivity contribution is 7.99. The molecule has 0 aliphatic rings. The maximum Gasteiger partial charge on any atom is 0.321 e. The molecule has 134 valence electrons. The fourth-order valence-corrected chi connectivity index (χ4v) is 4.00. The average molecular weight is 388 g/mol. The van der Waals surface area contributed by atoms with E-state index in [1.165, 1.54) is 11.3 Å². The Bertz CT molecular complexity index is 998. The number of fused-ring (bicyclic) bond motifs is 1. The first kappa shape index (κ1) is 18.2. The van der Waals surface area contributed by atoms with Gasteiger partial charge in [-0.25, -0.2) is 9.78 Å². The highest BCUT2D eigenvalue weighted by atomic mass is 32.2. The molecule has 26 heavy (non-hydrogen) atoms. The van der Waals surface area contributed by atoms with Crippen molar-refractivity contribution in [2.75, 3.05) is 12.3 Å². The number of carbonyl (C=O) groups is 2. The van der Waals surface area contributed by atoms with Gasteiger partial charge in [0.25, 0.3) is 5.56 Å². The van der Waals surface area contributed by atoms with Crippen molar-refractivity contribution in [1.29, 1.82) is 0 Å². The van der Waals surface area contributed by atoms with E-state index in [2.05, 4.69) is 20.6 Å². The van der Waals surface area contributed by atoms with Crippen LogP contribution < -0.4 is 16.2 Å². The number of aromatic amines is 1. The van der Waals surface area contributed by atoms with Crippen molar-refractivity contribution in [2.24, 2.45) is 0 Å². The van der Waals surface area contributed by atoms with Gasteiger partial charge in [0.15, 0.2) is 5.16 Å². The second kappa shape index (κ2) is 8.15. The van der Waals surface area contributed by atoms with E-state index in [4.69, 9.17) is 0 Å². The molecule has 0 unspecified atom stereocenters. The van der Waals surface area contributed by atoms with Crippen LogP contribution in [0.15, 0.2) is 45.7 Å². The lowest BCUT2D eigenvalue weighted by molar-refractivity contribution is -0.117. The van der Waals surface area contributed by atoms with Gasteiger partial charge in [-0.3, -0.25) is 14.9 Å². The van der Waals surface area contributed by atoms with Crippen LogP contribution in [0.2, 0.25) is 0 Å². The first-order valence-corrected chi connectivity index (χ1v) is 9.72. The molecule has 0 saturated heterocycles. The number of nitrogens with one attached hydrogen (secondary N) is 3. The van der Waals surface area contributed by atoms with Crippen molar-refractivity contribution >= 4 is 45.3 Å². The molecule has 3 aromatic rings. The monoisotopic (exact) mass is 388 g/mol. The number of thiophene rings is 1. The lowest BCUT2D eigenvalue weighted by Crippen LogP contribution is -2.40. The molecule has 0 spiro atoms. The SMILES string of the molecule is CCNC(=O)NC(=O)CSc1nc2scc(-c3ccccc3)c2c(=O)[nH]1. The Morgan fingerprint density at radius 3 is 2.77 bits per heavy atom. The summed E-state index contributed by atoms with van der Waals surface area (Å²) in [6, 6.07) is 9.09. The number of thioether (sulfide) groups is 1. The molecule has 0 fully saturated rings. The second-order valence-electron chi connectivity index (χ2n) is 5.26. The van der Waals surface area contributed by atoms with E-state index in [9.17, 15) is 14.4 Å². The van der Waals surface area contributed by atoms with Crippen LogP contribution in [-0.4, -0.2) is 34.2 Å². The minimum atomic E-state index is -0.541. The van der Waals surface area contributed by atoms with Crippen molar-refractivity contribution in [2.45, 2.75) is 12.1 Å². The van der Waals surface area contributed by atoms with Crippen molar-refractivity contribution in [1.82, 2.24) is 20.6 Å². The summed E-state index contributed by atoms with van der Waals surface area (Å²) >= 11 is 2.45. The third-order valence-corrected chi connectivity index (χ3v) is 5.18. The third-order valence-electron chi connectivity index (χ3n) is 3.44. The number of hydrogen-bond donors (Lipinski definition) is 3. The number of hydrogen-bond acceptors (Lipinski definition) is 6. The van der Waals surface area contributed by atoms with E-state index in [1.807, 2.05) is 35.7 Å². The van der Waals surface area contributed by atoms with Crippen LogP contribution in [0, 0.1) is 0 Å². The Morgan fingerprint density at radius 1 is 1.27 bits per heavy atom. The largest absolute Gasteiger partial charge is 0.338 e. The van der Waals surface area contributed by atoms with Gasteiger partial charge in [-0.05, 0) is 12.5 Å². The predicted octanol–water partition coefficient (Wildman–Crippen LogP) is 2.59. The molecule has 7 nitrogen and oxygen atoms in total. The van der Waals surface area contributed by atoms with E-state index in [-0.39, 0.29) is 11.3 Å². The van der Waals surface area contributed by atoms with Crippen LogP contribution in [0.1, 0.15) is 6.92 Å². The molecular weight excluding hydrogens is 372 g/mol. The molecule has 1 aromatic carbocycles. The molecule has 0 radical (unpaired) electrons. The minimum Gasteiger partial charge on any atom is -0.338 e. The van der Waals surface area contributed by atoms with Crippen LogP contribution in [0.3, 0.4) is 0 Å². The van der Waals surface area contributed by atoms with Gasteiger partial charge in [-0.1, -0.05) is 42.1 Å².